The molecule has 0 amide bonds. The largest absolute Gasteiger partial charge is 0.371 e. The maximum Gasteiger partial charge on any atom is 0.0785 e. The summed E-state index contributed by atoms with van der Waals surface area (Å²) in [6.07, 6.45) is 6.49. The number of ether oxygens (including phenoxy) is 1. The zero-order valence-corrected chi connectivity index (χ0v) is 16.8. The normalized spacial score (nSPS) is 37.9. The Morgan fingerprint density at radius 3 is 2.35 bits per heavy atom. The Morgan fingerprint density at radius 1 is 1.15 bits per heavy atom. The van der Waals surface area contributed by atoms with Gasteiger partial charge in [0.25, 0.3) is 0 Å². The molecule has 2 fully saturated rings. The van der Waals surface area contributed by atoms with Crippen LogP contribution in [0.3, 0.4) is 0 Å². The fourth-order valence-corrected chi connectivity index (χ4v) is 6.96. The highest BCUT2D eigenvalue weighted by molar-refractivity contribution is 6.86. The first-order valence-corrected chi connectivity index (χ1v) is 15.5. The van der Waals surface area contributed by atoms with E-state index in [9.17, 15) is 0 Å². The van der Waals surface area contributed by atoms with Crippen LogP contribution in [0.1, 0.15) is 32.1 Å². The Morgan fingerprint density at radius 2 is 1.80 bits per heavy atom. The van der Waals surface area contributed by atoms with Gasteiger partial charge in [0.1, 0.15) is 0 Å². The zero-order valence-electron chi connectivity index (χ0n) is 14.1. The molecule has 0 saturated carbocycles. The monoisotopic (exact) mass is 330 g/mol. The summed E-state index contributed by atoms with van der Waals surface area (Å²) in [5, 5.41) is 0. The minimum absolute atomic E-state index is 0.0288. The topological polar surface area (TPSA) is 9.23 Å². The number of rotatable bonds is 2. The van der Waals surface area contributed by atoms with Gasteiger partial charge in [0, 0.05) is 4.50 Å². The van der Waals surface area contributed by atoms with Gasteiger partial charge in [-0.3, -0.25) is 0 Å². The Bertz CT molecular complexity index is 394. The van der Waals surface area contributed by atoms with Crippen LogP contribution >= 0.6 is 11.6 Å². The lowest BCUT2D eigenvalue weighted by Crippen LogP contribution is -2.49. The highest BCUT2D eigenvalue weighted by Crippen LogP contribution is 2.45. The molecule has 2 aliphatic heterocycles. The average molecular weight is 331 g/mol. The number of hydrogen-bond acceptors (Lipinski definition) is 1. The SMILES string of the molecule is C[Si](C)(C)/C=C1/CC[C@@H]2CC(Cl)([Si](C)(C)C)CC[C@H]1O2. The summed E-state index contributed by atoms with van der Waals surface area (Å²) in [7, 11) is -2.52. The molecule has 0 N–H and O–H groups in total. The van der Waals surface area contributed by atoms with E-state index in [1.165, 1.54) is 12.8 Å². The van der Waals surface area contributed by atoms with E-state index in [1.807, 2.05) is 0 Å². The fraction of sp³-hybridized carbons (Fsp3) is 0.875. The van der Waals surface area contributed by atoms with Crippen molar-refractivity contribution in [3.63, 3.8) is 0 Å². The molecule has 0 aromatic heterocycles. The first kappa shape index (κ1) is 16.8. The standard InChI is InChI=1S/C16H31ClOSi2/c1-19(2,3)12-13-7-8-14-11-16(17,20(4,5)6)10-9-15(13)18-14/h12,14-15H,7-11H2,1-6H3/b13-12-/t14-,15-,16?/m1/s1. The molecule has 1 unspecified atom stereocenters. The van der Waals surface area contributed by atoms with Crippen LogP contribution in [0.4, 0.5) is 0 Å². The highest BCUT2D eigenvalue weighted by atomic mass is 35.5. The molecule has 20 heavy (non-hydrogen) atoms. The second-order valence-corrected chi connectivity index (χ2v) is 20.3. The van der Waals surface area contributed by atoms with Crippen LogP contribution in [0.2, 0.25) is 39.3 Å². The van der Waals surface area contributed by atoms with Crippen molar-refractivity contribution in [1.29, 1.82) is 0 Å². The number of hydrogen-bond donors (Lipinski definition) is 0. The molecule has 3 atom stereocenters. The number of alkyl halides is 1. The third kappa shape index (κ3) is 3.79. The van der Waals surface area contributed by atoms with E-state index in [0.29, 0.717) is 12.2 Å². The molecule has 2 saturated heterocycles. The average Bonchev–Trinajstić information content (AvgIpc) is 2.39. The minimum Gasteiger partial charge on any atom is -0.371 e. The van der Waals surface area contributed by atoms with Crippen molar-refractivity contribution in [2.24, 2.45) is 0 Å². The Labute approximate surface area is 132 Å². The van der Waals surface area contributed by atoms with Crippen molar-refractivity contribution >= 4 is 27.7 Å². The lowest BCUT2D eigenvalue weighted by Gasteiger charge is -2.39. The van der Waals surface area contributed by atoms with E-state index in [0.717, 1.165) is 19.3 Å². The third-order valence-electron chi connectivity index (χ3n) is 4.84. The first-order chi connectivity index (χ1) is 9.00. The van der Waals surface area contributed by atoms with Crippen molar-refractivity contribution in [3.05, 3.63) is 11.3 Å². The van der Waals surface area contributed by atoms with Gasteiger partial charge in [0.05, 0.1) is 28.4 Å². The van der Waals surface area contributed by atoms with Crippen LogP contribution in [0.5, 0.6) is 0 Å². The molecule has 116 valence electrons. The summed E-state index contributed by atoms with van der Waals surface area (Å²) >= 11 is 7.07. The van der Waals surface area contributed by atoms with Crippen LogP contribution in [0, 0.1) is 0 Å². The van der Waals surface area contributed by atoms with Crippen molar-refractivity contribution < 1.29 is 4.74 Å². The summed E-state index contributed by atoms with van der Waals surface area (Å²) < 4.78 is 6.42. The van der Waals surface area contributed by atoms with Gasteiger partial charge in [-0.1, -0.05) is 45.0 Å². The molecule has 0 spiro atoms. The van der Waals surface area contributed by atoms with Gasteiger partial charge in [-0.15, -0.1) is 11.6 Å². The van der Waals surface area contributed by atoms with Gasteiger partial charge < -0.3 is 4.74 Å². The first-order valence-electron chi connectivity index (χ1n) is 8.06. The van der Waals surface area contributed by atoms with Gasteiger partial charge in [0.2, 0.25) is 0 Å². The summed E-state index contributed by atoms with van der Waals surface area (Å²) in [6.45, 7) is 14.5. The second-order valence-electron chi connectivity index (χ2n) is 8.83. The van der Waals surface area contributed by atoms with Crippen LogP contribution in [0.25, 0.3) is 0 Å². The predicted octanol–water partition coefficient (Wildman–Crippen LogP) is 5.38. The molecule has 2 aliphatic rings. The van der Waals surface area contributed by atoms with Gasteiger partial charge in [0.15, 0.2) is 0 Å². The third-order valence-corrected chi connectivity index (χ3v) is 11.3. The van der Waals surface area contributed by atoms with Gasteiger partial charge in [-0.05, 0) is 37.7 Å². The van der Waals surface area contributed by atoms with Gasteiger partial charge in [-0.2, -0.15) is 0 Å². The van der Waals surface area contributed by atoms with E-state index < -0.39 is 16.1 Å². The lowest BCUT2D eigenvalue weighted by molar-refractivity contribution is -0.0148. The number of fused-ring (bicyclic) bond motifs is 2. The molecule has 0 radical (unpaired) electrons. The molecule has 0 aromatic rings. The Kier molecular flexibility index (Phi) is 4.67. The predicted molar refractivity (Wildman–Crippen MR) is 95.1 cm³/mol. The highest BCUT2D eigenvalue weighted by Gasteiger charge is 2.47. The minimum atomic E-state index is -1.37. The molecular weight excluding hydrogens is 300 g/mol. The van der Waals surface area contributed by atoms with Crippen molar-refractivity contribution in [3.8, 4) is 0 Å². The van der Waals surface area contributed by atoms with Crippen LogP contribution in [-0.4, -0.2) is 32.9 Å². The summed E-state index contributed by atoms with van der Waals surface area (Å²) in [5.41, 5.74) is 4.15. The quantitative estimate of drug-likeness (QED) is 0.488. The molecule has 2 heterocycles. The molecule has 0 aromatic carbocycles. The summed E-state index contributed by atoms with van der Waals surface area (Å²) in [4.78, 5) is 0. The van der Waals surface area contributed by atoms with Gasteiger partial charge >= 0.3 is 0 Å². The van der Waals surface area contributed by atoms with Crippen LogP contribution in [-0.2, 0) is 4.74 Å². The van der Waals surface area contributed by atoms with Crippen molar-refractivity contribution in [2.45, 2.75) is 88.1 Å². The number of halogens is 1. The zero-order chi connectivity index (χ0) is 15.2. The van der Waals surface area contributed by atoms with Crippen molar-refractivity contribution in [2.75, 3.05) is 0 Å². The van der Waals surface area contributed by atoms with Crippen LogP contribution < -0.4 is 0 Å². The maximum absolute atomic E-state index is 7.07. The molecule has 0 aliphatic carbocycles. The van der Waals surface area contributed by atoms with E-state index >= 15 is 0 Å². The van der Waals surface area contributed by atoms with E-state index in [1.54, 1.807) is 5.57 Å². The van der Waals surface area contributed by atoms with E-state index in [2.05, 4.69) is 45.0 Å². The molecule has 1 nitrogen and oxygen atoms in total. The Hall–Kier alpha value is 0.424. The van der Waals surface area contributed by atoms with Crippen molar-refractivity contribution in [1.82, 2.24) is 0 Å². The fourth-order valence-electron chi connectivity index (χ4n) is 3.51. The van der Waals surface area contributed by atoms with E-state index in [4.69, 9.17) is 16.3 Å². The molecular formula is C16H31ClOSi2. The smallest absolute Gasteiger partial charge is 0.0785 e. The summed E-state index contributed by atoms with van der Waals surface area (Å²) in [5.74, 6) is 0. The Balaban J connectivity index is 2.20. The lowest BCUT2D eigenvalue weighted by atomic mass is 9.98. The molecule has 4 heteroatoms. The molecule has 2 bridgehead atoms. The molecule has 2 rings (SSSR count). The maximum atomic E-state index is 7.07. The van der Waals surface area contributed by atoms with Gasteiger partial charge in [-0.25, -0.2) is 0 Å². The second kappa shape index (κ2) is 5.56. The van der Waals surface area contributed by atoms with Crippen LogP contribution in [0.15, 0.2) is 11.3 Å². The summed E-state index contributed by atoms with van der Waals surface area (Å²) in [6, 6.07) is 0. The van der Waals surface area contributed by atoms with E-state index in [-0.39, 0.29) is 4.50 Å².